The third kappa shape index (κ3) is 3.55. The summed E-state index contributed by atoms with van der Waals surface area (Å²) < 4.78 is 5.60. The number of carbonyl (C=O) groups is 2. The highest BCUT2D eigenvalue weighted by atomic mass is 16.5. The molecule has 5 heteroatoms. The summed E-state index contributed by atoms with van der Waals surface area (Å²) in [5, 5.41) is 2.81. The number of pyridine rings is 1. The Morgan fingerprint density at radius 2 is 1.88 bits per heavy atom. The zero-order valence-corrected chi connectivity index (χ0v) is 14.5. The Bertz CT molecular complexity index is 750. The molecule has 0 atom stereocenters. The maximum atomic E-state index is 12.7. The van der Waals surface area contributed by atoms with Crippen molar-refractivity contribution in [3.8, 4) is 5.75 Å². The van der Waals surface area contributed by atoms with E-state index in [9.17, 15) is 9.59 Å². The Morgan fingerprint density at radius 3 is 2.40 bits per heavy atom. The number of nitrogens with zero attached hydrogens (tertiary/aromatic N) is 1. The number of amides is 1. The molecule has 0 saturated heterocycles. The first-order valence-electron chi connectivity index (χ1n) is 8.55. The second-order valence-electron chi connectivity index (χ2n) is 6.74. The molecule has 5 nitrogen and oxygen atoms in total. The van der Waals surface area contributed by atoms with Gasteiger partial charge in [-0.3, -0.25) is 14.6 Å². The van der Waals surface area contributed by atoms with E-state index < -0.39 is 5.41 Å². The van der Waals surface area contributed by atoms with E-state index in [0.29, 0.717) is 11.4 Å². The summed E-state index contributed by atoms with van der Waals surface area (Å²) in [5.74, 6) is 0.0960. The maximum absolute atomic E-state index is 12.7. The first-order valence-corrected chi connectivity index (χ1v) is 8.55. The average Bonchev–Trinajstić information content (AvgIpc) is 2.56. The van der Waals surface area contributed by atoms with Crippen molar-refractivity contribution in [3.63, 3.8) is 0 Å². The molecule has 3 rings (SSSR count). The number of esters is 1. The molecule has 2 aromatic rings. The van der Waals surface area contributed by atoms with Gasteiger partial charge >= 0.3 is 5.97 Å². The summed E-state index contributed by atoms with van der Waals surface area (Å²) in [5.41, 5.74) is 1.01. The summed E-state index contributed by atoms with van der Waals surface area (Å²) in [6.07, 6.45) is 6.00. The molecule has 1 amide bonds. The average molecular weight is 338 g/mol. The van der Waals surface area contributed by atoms with Crippen LogP contribution in [0.2, 0.25) is 0 Å². The van der Waals surface area contributed by atoms with E-state index in [1.54, 1.807) is 36.7 Å². The van der Waals surface area contributed by atoms with Gasteiger partial charge in [0.05, 0.1) is 5.41 Å². The van der Waals surface area contributed by atoms with Gasteiger partial charge in [0.1, 0.15) is 5.75 Å². The lowest BCUT2D eigenvalue weighted by atomic mass is 9.65. The number of anilines is 1. The highest BCUT2D eigenvalue weighted by Gasteiger charge is 2.47. The van der Waals surface area contributed by atoms with Gasteiger partial charge in [-0.05, 0) is 48.7 Å². The molecular formula is C20H22N2O3. The van der Waals surface area contributed by atoms with Crippen molar-refractivity contribution in [2.45, 2.75) is 38.5 Å². The molecule has 130 valence electrons. The fourth-order valence-corrected chi connectivity index (χ4v) is 2.88. The number of nitrogens with one attached hydrogen (secondary N) is 1. The summed E-state index contributed by atoms with van der Waals surface area (Å²) in [7, 11) is 0. The molecule has 1 aromatic carbocycles. The molecule has 1 aliphatic rings. The van der Waals surface area contributed by atoms with Gasteiger partial charge in [-0.2, -0.15) is 0 Å². The lowest BCUT2D eigenvalue weighted by Gasteiger charge is -2.39. The van der Waals surface area contributed by atoms with Gasteiger partial charge in [0.2, 0.25) is 5.91 Å². The minimum atomic E-state index is -0.585. The van der Waals surface area contributed by atoms with E-state index in [0.717, 1.165) is 24.8 Å². The van der Waals surface area contributed by atoms with Gasteiger partial charge in [0, 0.05) is 24.0 Å². The van der Waals surface area contributed by atoms with Gasteiger partial charge in [-0.1, -0.05) is 26.3 Å². The van der Waals surface area contributed by atoms with Crippen molar-refractivity contribution in [1.29, 1.82) is 0 Å². The largest absolute Gasteiger partial charge is 0.426 e. The molecule has 0 radical (unpaired) electrons. The summed E-state index contributed by atoms with van der Waals surface area (Å²) >= 11 is 0. The molecule has 0 bridgehead atoms. The van der Waals surface area contributed by atoms with E-state index in [4.69, 9.17) is 4.74 Å². The molecule has 25 heavy (non-hydrogen) atoms. The summed E-state index contributed by atoms with van der Waals surface area (Å²) in [6, 6.07) is 10.6. The van der Waals surface area contributed by atoms with Crippen LogP contribution in [0.3, 0.4) is 0 Å². The van der Waals surface area contributed by atoms with Gasteiger partial charge in [0.25, 0.3) is 0 Å². The topological polar surface area (TPSA) is 68.3 Å². The standard InChI is InChI=1S/C20H22N2O3/c1-14(2)18(23)22-16-6-8-17(9-7-16)25-19(24)20(10-4-11-20)15-5-3-12-21-13-15/h3,5-9,12-14H,4,10-11H2,1-2H3,(H,22,23). The lowest BCUT2D eigenvalue weighted by Crippen LogP contribution is -2.45. The second kappa shape index (κ2) is 7.05. The predicted octanol–water partition coefficient (Wildman–Crippen LogP) is 3.70. The number of aromatic nitrogens is 1. The first-order chi connectivity index (χ1) is 12.0. The Balaban J connectivity index is 1.69. The van der Waals surface area contributed by atoms with Crippen molar-refractivity contribution >= 4 is 17.6 Å². The van der Waals surface area contributed by atoms with Crippen LogP contribution in [-0.4, -0.2) is 16.9 Å². The van der Waals surface area contributed by atoms with Gasteiger partial charge in [0.15, 0.2) is 0 Å². The Labute approximate surface area is 147 Å². The van der Waals surface area contributed by atoms with Crippen LogP contribution in [0.5, 0.6) is 5.75 Å². The molecule has 1 fully saturated rings. The highest BCUT2D eigenvalue weighted by molar-refractivity contribution is 5.92. The van der Waals surface area contributed by atoms with Gasteiger partial charge in [-0.25, -0.2) is 0 Å². The molecule has 1 heterocycles. The number of hydrogen-bond acceptors (Lipinski definition) is 4. The molecule has 1 aliphatic carbocycles. The van der Waals surface area contributed by atoms with Crippen LogP contribution >= 0.6 is 0 Å². The van der Waals surface area contributed by atoms with Gasteiger partial charge < -0.3 is 10.1 Å². The molecule has 1 aromatic heterocycles. The number of rotatable bonds is 5. The maximum Gasteiger partial charge on any atom is 0.322 e. The number of carbonyl (C=O) groups excluding carboxylic acids is 2. The van der Waals surface area contributed by atoms with Crippen LogP contribution in [-0.2, 0) is 15.0 Å². The van der Waals surface area contributed by atoms with E-state index in [1.807, 2.05) is 26.0 Å². The molecule has 0 spiro atoms. The lowest BCUT2D eigenvalue weighted by molar-refractivity contribution is -0.144. The second-order valence-corrected chi connectivity index (χ2v) is 6.74. The number of ether oxygens (including phenoxy) is 1. The minimum Gasteiger partial charge on any atom is -0.426 e. The van der Waals surface area contributed by atoms with Crippen molar-refractivity contribution in [1.82, 2.24) is 4.98 Å². The van der Waals surface area contributed by atoms with E-state index in [2.05, 4.69) is 10.3 Å². The van der Waals surface area contributed by atoms with Gasteiger partial charge in [-0.15, -0.1) is 0 Å². The van der Waals surface area contributed by atoms with E-state index >= 15 is 0 Å². The first kappa shape index (κ1) is 17.1. The number of benzene rings is 1. The van der Waals surface area contributed by atoms with Crippen LogP contribution in [0.25, 0.3) is 0 Å². The van der Waals surface area contributed by atoms with Crippen molar-refractivity contribution in [2.75, 3.05) is 5.32 Å². The third-order valence-corrected chi connectivity index (χ3v) is 4.67. The van der Waals surface area contributed by atoms with Crippen LogP contribution in [0.15, 0.2) is 48.8 Å². The van der Waals surface area contributed by atoms with Crippen LogP contribution in [0.4, 0.5) is 5.69 Å². The minimum absolute atomic E-state index is 0.0465. The van der Waals surface area contributed by atoms with Crippen LogP contribution < -0.4 is 10.1 Å². The monoisotopic (exact) mass is 338 g/mol. The quantitative estimate of drug-likeness (QED) is 0.667. The fraction of sp³-hybridized carbons (Fsp3) is 0.350. The van der Waals surface area contributed by atoms with Crippen molar-refractivity contribution in [2.24, 2.45) is 5.92 Å². The summed E-state index contributed by atoms with van der Waals surface area (Å²) in [6.45, 7) is 3.67. The molecule has 0 unspecified atom stereocenters. The Morgan fingerprint density at radius 1 is 1.16 bits per heavy atom. The summed E-state index contributed by atoms with van der Waals surface area (Å²) in [4.78, 5) is 28.6. The normalized spacial score (nSPS) is 15.3. The predicted molar refractivity (Wildman–Crippen MR) is 95.3 cm³/mol. The SMILES string of the molecule is CC(C)C(=O)Nc1ccc(OC(=O)C2(c3cccnc3)CCC2)cc1. The molecular weight excluding hydrogens is 316 g/mol. The van der Waals surface area contributed by atoms with Crippen LogP contribution in [0, 0.1) is 5.92 Å². The Kier molecular flexibility index (Phi) is 4.83. The zero-order valence-electron chi connectivity index (χ0n) is 14.5. The third-order valence-electron chi connectivity index (χ3n) is 4.67. The fourth-order valence-electron chi connectivity index (χ4n) is 2.88. The molecule has 0 aliphatic heterocycles. The van der Waals surface area contributed by atoms with Crippen molar-refractivity contribution in [3.05, 3.63) is 54.4 Å². The van der Waals surface area contributed by atoms with Crippen LogP contribution in [0.1, 0.15) is 38.7 Å². The zero-order chi connectivity index (χ0) is 17.9. The molecule has 1 saturated carbocycles. The van der Waals surface area contributed by atoms with E-state index in [-0.39, 0.29) is 17.8 Å². The smallest absolute Gasteiger partial charge is 0.322 e. The highest BCUT2D eigenvalue weighted by Crippen LogP contribution is 2.44. The Hall–Kier alpha value is -2.69. The van der Waals surface area contributed by atoms with Crippen molar-refractivity contribution < 1.29 is 14.3 Å². The number of hydrogen-bond donors (Lipinski definition) is 1. The molecule has 1 N–H and O–H groups in total. The van der Waals surface area contributed by atoms with E-state index in [1.165, 1.54) is 0 Å².